The van der Waals surface area contributed by atoms with E-state index >= 15 is 0 Å². The SMILES string of the molecule is CNC(=O)c1c(-c2ccc(F)cc2)oc2cc(N(C)S(C)(=O)=O)c([C@H]3CN(C(=O)c4cc5cccc(F)c5n4C)CCO3)cc12. The molecule has 0 unspecified atom stereocenters. The predicted octanol–water partition coefficient (Wildman–Crippen LogP) is 4.84. The summed E-state index contributed by atoms with van der Waals surface area (Å²) in [6.45, 7) is 0.447. The Kier molecular flexibility index (Phi) is 7.61. The number of nitrogens with one attached hydrogen (secondary N) is 1. The molecule has 45 heavy (non-hydrogen) atoms. The highest BCUT2D eigenvalue weighted by Crippen LogP contribution is 2.41. The van der Waals surface area contributed by atoms with Crippen LogP contribution in [0.15, 0.2) is 65.1 Å². The minimum atomic E-state index is -3.77. The first-order chi connectivity index (χ1) is 21.4. The van der Waals surface area contributed by atoms with Gasteiger partial charge in [-0.2, -0.15) is 0 Å². The largest absolute Gasteiger partial charge is 0.455 e. The van der Waals surface area contributed by atoms with Gasteiger partial charge in [-0.1, -0.05) is 12.1 Å². The number of para-hydroxylation sites is 1. The Morgan fingerprint density at radius 3 is 2.47 bits per heavy atom. The fourth-order valence-corrected chi connectivity index (χ4v) is 6.28. The molecule has 10 nitrogen and oxygen atoms in total. The van der Waals surface area contributed by atoms with Crippen molar-refractivity contribution in [3.05, 3.63) is 89.1 Å². The van der Waals surface area contributed by atoms with Crippen LogP contribution in [0, 0.1) is 11.6 Å². The number of ether oxygens (including phenoxy) is 1. The van der Waals surface area contributed by atoms with Crippen molar-refractivity contribution >= 4 is 49.4 Å². The summed E-state index contributed by atoms with van der Waals surface area (Å²) in [5.41, 5.74) is 2.10. The second-order valence-electron chi connectivity index (χ2n) is 10.9. The Balaban J connectivity index is 1.47. The molecule has 0 aliphatic carbocycles. The maximum Gasteiger partial charge on any atom is 0.270 e. The number of aryl methyl sites for hydroxylation is 1. The van der Waals surface area contributed by atoms with Crippen LogP contribution in [0.25, 0.3) is 33.2 Å². The van der Waals surface area contributed by atoms with Gasteiger partial charge in [0.2, 0.25) is 10.0 Å². The monoisotopic (exact) mass is 636 g/mol. The maximum atomic E-state index is 14.6. The number of carbonyl (C=O) groups excluding carboxylic acids is 2. The summed E-state index contributed by atoms with van der Waals surface area (Å²) < 4.78 is 68.6. The van der Waals surface area contributed by atoms with Crippen LogP contribution in [-0.4, -0.2) is 69.7 Å². The van der Waals surface area contributed by atoms with Gasteiger partial charge in [-0.3, -0.25) is 13.9 Å². The Hall–Kier alpha value is -4.75. The van der Waals surface area contributed by atoms with Crippen molar-refractivity contribution in [2.45, 2.75) is 6.10 Å². The number of fused-ring (bicyclic) bond motifs is 2. The normalized spacial score (nSPS) is 15.5. The number of furan rings is 1. The van der Waals surface area contributed by atoms with E-state index in [1.165, 1.54) is 55.1 Å². The lowest BCUT2D eigenvalue weighted by Crippen LogP contribution is -2.43. The molecule has 1 saturated heterocycles. The molecule has 3 heterocycles. The molecule has 0 spiro atoms. The van der Waals surface area contributed by atoms with Crippen LogP contribution >= 0.6 is 0 Å². The third-order valence-electron chi connectivity index (χ3n) is 8.16. The van der Waals surface area contributed by atoms with Gasteiger partial charge in [0.1, 0.15) is 34.8 Å². The summed E-state index contributed by atoms with van der Waals surface area (Å²) in [5, 5.41) is 3.58. The van der Waals surface area contributed by atoms with Crippen LogP contribution in [0.2, 0.25) is 0 Å². The zero-order valence-electron chi connectivity index (χ0n) is 24.9. The zero-order valence-corrected chi connectivity index (χ0v) is 25.7. The average Bonchev–Trinajstić information content (AvgIpc) is 3.57. The van der Waals surface area contributed by atoms with Crippen LogP contribution in [0.5, 0.6) is 0 Å². The van der Waals surface area contributed by atoms with Gasteiger partial charge in [0, 0.05) is 55.7 Å². The molecule has 1 atom stereocenters. The number of hydrogen-bond acceptors (Lipinski definition) is 6. The van der Waals surface area contributed by atoms with E-state index in [2.05, 4.69) is 5.32 Å². The number of morpholine rings is 1. The van der Waals surface area contributed by atoms with Crippen molar-refractivity contribution in [2.24, 2.45) is 7.05 Å². The van der Waals surface area contributed by atoms with Crippen LogP contribution in [0.1, 0.15) is 32.5 Å². The molecule has 6 rings (SSSR count). The van der Waals surface area contributed by atoms with E-state index in [0.717, 1.165) is 10.6 Å². The summed E-state index contributed by atoms with van der Waals surface area (Å²) in [5.74, 6) is -1.53. The quantitative estimate of drug-likeness (QED) is 0.286. The van der Waals surface area contributed by atoms with Gasteiger partial charge in [0.05, 0.1) is 36.2 Å². The molecule has 1 aliphatic rings. The number of halogens is 2. The molecular weight excluding hydrogens is 606 g/mol. The van der Waals surface area contributed by atoms with E-state index in [1.54, 1.807) is 36.2 Å². The van der Waals surface area contributed by atoms with Crippen molar-refractivity contribution in [3.63, 3.8) is 0 Å². The number of sulfonamides is 1. The first-order valence-electron chi connectivity index (χ1n) is 14.1. The lowest BCUT2D eigenvalue weighted by atomic mass is 9.99. The maximum absolute atomic E-state index is 14.6. The smallest absolute Gasteiger partial charge is 0.270 e. The van der Waals surface area contributed by atoms with Crippen molar-refractivity contribution in [1.82, 2.24) is 14.8 Å². The molecule has 0 saturated carbocycles. The second-order valence-corrected chi connectivity index (χ2v) is 12.9. The van der Waals surface area contributed by atoms with Gasteiger partial charge in [-0.05, 0) is 42.5 Å². The zero-order chi connectivity index (χ0) is 32.2. The minimum absolute atomic E-state index is 0.0525. The summed E-state index contributed by atoms with van der Waals surface area (Å²) in [6, 6.07) is 14.9. The van der Waals surface area contributed by atoms with Gasteiger partial charge >= 0.3 is 0 Å². The molecule has 1 aliphatic heterocycles. The summed E-state index contributed by atoms with van der Waals surface area (Å²) >= 11 is 0. The molecule has 3 aromatic carbocycles. The summed E-state index contributed by atoms with van der Waals surface area (Å²) in [7, 11) is 0.713. The van der Waals surface area contributed by atoms with E-state index in [-0.39, 0.29) is 48.2 Å². The van der Waals surface area contributed by atoms with Crippen LogP contribution in [0.3, 0.4) is 0 Å². The number of amides is 2. The Labute approximate surface area is 257 Å². The van der Waals surface area contributed by atoms with E-state index < -0.39 is 33.7 Å². The number of carbonyl (C=O) groups is 2. The Bertz CT molecular complexity index is 2090. The molecule has 0 radical (unpaired) electrons. The number of hydrogen-bond donors (Lipinski definition) is 1. The fourth-order valence-electron chi connectivity index (χ4n) is 5.77. The predicted molar refractivity (Wildman–Crippen MR) is 166 cm³/mol. The first-order valence-corrected chi connectivity index (χ1v) is 15.9. The topological polar surface area (TPSA) is 114 Å². The highest BCUT2D eigenvalue weighted by atomic mass is 32.2. The van der Waals surface area contributed by atoms with E-state index in [0.29, 0.717) is 33.1 Å². The molecule has 2 amide bonds. The molecule has 1 fully saturated rings. The van der Waals surface area contributed by atoms with Gasteiger partial charge in [-0.25, -0.2) is 17.2 Å². The van der Waals surface area contributed by atoms with E-state index in [4.69, 9.17) is 9.15 Å². The molecule has 234 valence electrons. The van der Waals surface area contributed by atoms with Gasteiger partial charge < -0.3 is 23.9 Å². The van der Waals surface area contributed by atoms with Crippen molar-refractivity contribution in [2.75, 3.05) is 44.4 Å². The Morgan fingerprint density at radius 1 is 1.07 bits per heavy atom. The minimum Gasteiger partial charge on any atom is -0.455 e. The average molecular weight is 637 g/mol. The second kappa shape index (κ2) is 11.3. The standard InChI is InChI=1S/C32H30F2N4O6S/c1-35-31(39)28-22-15-21(24(37(3)45(4,41)42)16-26(22)44-30(28)18-8-10-20(33)11-9-18)27-17-38(12-13-43-27)32(40)25-14-19-6-5-7-23(34)29(19)36(25)2/h5-11,14-16,27H,12-13,17H2,1-4H3,(H,35,39)/t27-/m1/s1. The highest BCUT2D eigenvalue weighted by Gasteiger charge is 2.33. The highest BCUT2D eigenvalue weighted by molar-refractivity contribution is 7.92. The number of aromatic nitrogens is 1. The molecule has 5 aromatic rings. The third kappa shape index (κ3) is 5.31. The fraction of sp³-hybridized carbons (Fsp3) is 0.250. The van der Waals surface area contributed by atoms with Crippen molar-refractivity contribution in [3.8, 4) is 11.3 Å². The number of nitrogens with zero attached hydrogens (tertiary/aromatic N) is 3. The van der Waals surface area contributed by atoms with E-state index in [1.807, 2.05) is 0 Å². The number of anilines is 1. The lowest BCUT2D eigenvalue weighted by Gasteiger charge is -2.35. The van der Waals surface area contributed by atoms with Crippen LogP contribution in [-0.2, 0) is 21.8 Å². The number of benzene rings is 3. The Morgan fingerprint density at radius 2 is 1.80 bits per heavy atom. The first kappa shape index (κ1) is 30.3. The number of rotatable bonds is 6. The van der Waals surface area contributed by atoms with Crippen molar-refractivity contribution < 1.29 is 35.9 Å². The lowest BCUT2D eigenvalue weighted by molar-refractivity contribution is -0.0228. The van der Waals surface area contributed by atoms with Crippen LogP contribution < -0.4 is 9.62 Å². The molecule has 1 N–H and O–H groups in total. The summed E-state index contributed by atoms with van der Waals surface area (Å²) in [4.78, 5) is 28.5. The summed E-state index contributed by atoms with van der Waals surface area (Å²) in [6.07, 6.45) is 0.263. The van der Waals surface area contributed by atoms with Gasteiger partial charge in [0.15, 0.2) is 0 Å². The molecular formula is C32H30F2N4O6S. The molecule has 13 heteroatoms. The van der Waals surface area contributed by atoms with Crippen molar-refractivity contribution in [1.29, 1.82) is 0 Å². The molecule has 0 bridgehead atoms. The van der Waals surface area contributed by atoms with Gasteiger partial charge in [-0.15, -0.1) is 0 Å². The van der Waals surface area contributed by atoms with Gasteiger partial charge in [0.25, 0.3) is 11.8 Å². The molecule has 2 aromatic heterocycles. The van der Waals surface area contributed by atoms with Crippen LogP contribution in [0.4, 0.5) is 14.5 Å². The third-order valence-corrected chi connectivity index (χ3v) is 9.35. The van der Waals surface area contributed by atoms with E-state index in [9.17, 15) is 26.8 Å².